The van der Waals surface area contributed by atoms with Gasteiger partial charge in [0.05, 0.1) is 0 Å². The SMILES string of the molecule is CN1C(=O)[C@@H](NC(=O)c2nnc(Cc3ccccc3)[nH]2)C[C@@H](F)c2ccccc21. The number of nitrogens with zero attached hydrogens (tertiary/aromatic N) is 3. The number of aromatic amines is 1. The number of amides is 2. The first kappa shape index (κ1) is 18.8. The van der Waals surface area contributed by atoms with Gasteiger partial charge in [0, 0.05) is 31.1 Å². The lowest BCUT2D eigenvalue weighted by Gasteiger charge is -2.21. The molecule has 2 heterocycles. The lowest BCUT2D eigenvalue weighted by Crippen LogP contribution is -2.47. The number of hydrogen-bond donors (Lipinski definition) is 2. The zero-order valence-corrected chi connectivity index (χ0v) is 15.8. The highest BCUT2D eigenvalue weighted by Gasteiger charge is 2.34. The molecule has 0 unspecified atom stereocenters. The second-order valence-electron chi connectivity index (χ2n) is 6.97. The molecule has 0 bridgehead atoms. The standard InChI is InChI=1S/C21H20FN5O2/c1-27-17-10-6-5-9-14(17)15(22)12-16(21(27)29)23-20(28)19-24-18(25-26-19)11-13-7-3-2-4-8-13/h2-10,15-16H,11-12H2,1H3,(H,23,28)(H,24,25,26)/t15-,16+/m1/s1. The lowest BCUT2D eigenvalue weighted by atomic mass is 10.0. The molecule has 2 atom stereocenters. The molecule has 8 heteroatoms. The molecule has 1 aliphatic heterocycles. The van der Waals surface area contributed by atoms with Crippen molar-refractivity contribution in [3.05, 3.63) is 77.4 Å². The van der Waals surface area contributed by atoms with Crippen LogP contribution in [0.4, 0.5) is 10.1 Å². The molecule has 4 rings (SSSR count). The fraction of sp³-hybridized carbons (Fsp3) is 0.238. The molecule has 2 N–H and O–H groups in total. The summed E-state index contributed by atoms with van der Waals surface area (Å²) >= 11 is 0. The first-order valence-electron chi connectivity index (χ1n) is 9.30. The number of carbonyl (C=O) groups excluding carboxylic acids is 2. The Balaban J connectivity index is 1.48. The van der Waals surface area contributed by atoms with Gasteiger partial charge in [-0.3, -0.25) is 9.59 Å². The van der Waals surface area contributed by atoms with Gasteiger partial charge in [-0.1, -0.05) is 48.5 Å². The maximum absolute atomic E-state index is 14.8. The van der Waals surface area contributed by atoms with E-state index in [1.54, 1.807) is 31.3 Å². The Kier molecular flexibility index (Phi) is 5.07. The number of aromatic nitrogens is 3. The molecule has 2 amide bonds. The third kappa shape index (κ3) is 3.87. The molecule has 1 aliphatic rings. The fourth-order valence-corrected chi connectivity index (χ4v) is 3.46. The summed E-state index contributed by atoms with van der Waals surface area (Å²) in [6.45, 7) is 0. The van der Waals surface area contributed by atoms with Crippen molar-refractivity contribution in [2.24, 2.45) is 0 Å². The van der Waals surface area contributed by atoms with Gasteiger partial charge >= 0.3 is 0 Å². The minimum atomic E-state index is -1.37. The molecule has 3 aromatic rings. The van der Waals surface area contributed by atoms with E-state index in [4.69, 9.17) is 0 Å². The first-order valence-corrected chi connectivity index (χ1v) is 9.30. The van der Waals surface area contributed by atoms with E-state index in [0.717, 1.165) is 5.56 Å². The van der Waals surface area contributed by atoms with E-state index in [-0.39, 0.29) is 18.2 Å². The molecule has 0 spiro atoms. The fourth-order valence-electron chi connectivity index (χ4n) is 3.46. The molecule has 7 nitrogen and oxygen atoms in total. The van der Waals surface area contributed by atoms with Gasteiger partial charge in [-0.25, -0.2) is 4.39 Å². The van der Waals surface area contributed by atoms with Crippen LogP contribution in [0.2, 0.25) is 0 Å². The highest BCUT2D eigenvalue weighted by molar-refractivity contribution is 6.02. The number of benzene rings is 2. The summed E-state index contributed by atoms with van der Waals surface area (Å²) < 4.78 is 14.8. The summed E-state index contributed by atoms with van der Waals surface area (Å²) in [5.41, 5.74) is 1.96. The van der Waals surface area contributed by atoms with Crippen LogP contribution in [0.1, 0.15) is 40.2 Å². The molecule has 1 aromatic heterocycles. The number of anilines is 1. The van der Waals surface area contributed by atoms with E-state index in [9.17, 15) is 14.0 Å². The van der Waals surface area contributed by atoms with Crippen molar-refractivity contribution in [3.63, 3.8) is 0 Å². The van der Waals surface area contributed by atoms with Crippen molar-refractivity contribution in [1.29, 1.82) is 0 Å². The molecule has 0 radical (unpaired) electrons. The minimum Gasteiger partial charge on any atom is -0.337 e. The van der Waals surface area contributed by atoms with Crippen molar-refractivity contribution < 1.29 is 14.0 Å². The number of fused-ring (bicyclic) bond motifs is 1. The number of alkyl halides is 1. The molecule has 2 aromatic carbocycles. The van der Waals surface area contributed by atoms with Crippen LogP contribution in [0, 0.1) is 0 Å². The van der Waals surface area contributed by atoms with Crippen molar-refractivity contribution in [3.8, 4) is 0 Å². The van der Waals surface area contributed by atoms with Crippen LogP contribution in [0.25, 0.3) is 0 Å². The van der Waals surface area contributed by atoms with E-state index >= 15 is 0 Å². The second kappa shape index (κ2) is 7.83. The van der Waals surface area contributed by atoms with E-state index in [1.807, 2.05) is 30.3 Å². The second-order valence-corrected chi connectivity index (χ2v) is 6.97. The first-order chi connectivity index (χ1) is 14.0. The number of rotatable bonds is 4. The van der Waals surface area contributed by atoms with Gasteiger partial charge in [-0.15, -0.1) is 10.2 Å². The van der Waals surface area contributed by atoms with Crippen molar-refractivity contribution in [1.82, 2.24) is 20.5 Å². The predicted octanol–water partition coefficient (Wildman–Crippen LogP) is 2.57. The highest BCUT2D eigenvalue weighted by Crippen LogP contribution is 2.35. The molecular formula is C21H20FN5O2. The van der Waals surface area contributed by atoms with E-state index in [1.165, 1.54) is 4.90 Å². The van der Waals surface area contributed by atoms with Gasteiger partial charge in [-0.2, -0.15) is 0 Å². The molecule has 0 aliphatic carbocycles. The topological polar surface area (TPSA) is 91.0 Å². The van der Waals surface area contributed by atoms with Crippen molar-refractivity contribution >= 4 is 17.5 Å². The van der Waals surface area contributed by atoms with Gasteiger partial charge < -0.3 is 15.2 Å². The molecule has 29 heavy (non-hydrogen) atoms. The predicted molar refractivity (Wildman–Crippen MR) is 105 cm³/mol. The normalized spacial score (nSPS) is 18.8. The summed E-state index contributed by atoms with van der Waals surface area (Å²) in [7, 11) is 1.57. The Morgan fingerprint density at radius 3 is 2.69 bits per heavy atom. The van der Waals surface area contributed by atoms with Crippen LogP contribution in [0.15, 0.2) is 54.6 Å². The Morgan fingerprint density at radius 2 is 1.90 bits per heavy atom. The summed E-state index contributed by atoms with van der Waals surface area (Å²) in [5.74, 6) is -0.457. The zero-order valence-electron chi connectivity index (χ0n) is 15.8. The van der Waals surface area contributed by atoms with Gasteiger partial charge in [0.1, 0.15) is 18.0 Å². The highest BCUT2D eigenvalue weighted by atomic mass is 19.1. The number of hydrogen-bond acceptors (Lipinski definition) is 4. The number of carbonyl (C=O) groups is 2. The van der Waals surface area contributed by atoms with E-state index < -0.39 is 18.1 Å². The van der Waals surface area contributed by atoms with Gasteiger partial charge in [0.15, 0.2) is 0 Å². The van der Waals surface area contributed by atoms with Crippen LogP contribution in [0.3, 0.4) is 0 Å². The van der Waals surface area contributed by atoms with E-state index in [0.29, 0.717) is 23.5 Å². The summed E-state index contributed by atoms with van der Waals surface area (Å²) in [6, 6.07) is 15.5. The quantitative estimate of drug-likeness (QED) is 0.713. The number of likely N-dealkylation sites (N-methyl/N-ethyl adjacent to an activating group) is 1. The maximum Gasteiger partial charge on any atom is 0.289 e. The third-order valence-corrected chi connectivity index (χ3v) is 4.98. The number of para-hydroxylation sites is 1. The monoisotopic (exact) mass is 393 g/mol. The summed E-state index contributed by atoms with van der Waals surface area (Å²) in [6.07, 6.45) is -1.01. The van der Waals surface area contributed by atoms with Crippen LogP contribution < -0.4 is 10.2 Å². The van der Waals surface area contributed by atoms with E-state index in [2.05, 4.69) is 20.5 Å². The smallest absolute Gasteiger partial charge is 0.289 e. The van der Waals surface area contributed by atoms with Crippen LogP contribution >= 0.6 is 0 Å². The number of nitrogens with one attached hydrogen (secondary N) is 2. The summed E-state index contributed by atoms with van der Waals surface area (Å²) in [5, 5.41) is 10.5. The molecular weight excluding hydrogens is 373 g/mol. The Labute approximate surface area is 167 Å². The Morgan fingerprint density at radius 1 is 1.17 bits per heavy atom. The van der Waals surface area contributed by atoms with Crippen LogP contribution in [-0.4, -0.2) is 40.1 Å². The van der Waals surface area contributed by atoms with Gasteiger partial charge in [-0.05, 0) is 11.6 Å². The van der Waals surface area contributed by atoms with Crippen LogP contribution in [-0.2, 0) is 11.2 Å². The third-order valence-electron chi connectivity index (χ3n) is 4.98. The summed E-state index contributed by atoms with van der Waals surface area (Å²) in [4.78, 5) is 29.6. The van der Waals surface area contributed by atoms with Crippen LogP contribution in [0.5, 0.6) is 0 Å². The Bertz CT molecular complexity index is 1040. The number of H-pyrrole nitrogens is 1. The van der Waals surface area contributed by atoms with Crippen molar-refractivity contribution in [2.45, 2.75) is 25.1 Å². The molecule has 0 fully saturated rings. The van der Waals surface area contributed by atoms with Gasteiger partial charge in [0.25, 0.3) is 5.91 Å². The average Bonchev–Trinajstić information content (AvgIpc) is 3.18. The average molecular weight is 393 g/mol. The minimum absolute atomic E-state index is 0.0106. The Hall–Kier alpha value is -3.55. The molecule has 148 valence electrons. The van der Waals surface area contributed by atoms with Gasteiger partial charge in [0.2, 0.25) is 11.7 Å². The number of halogens is 1. The molecule has 0 saturated carbocycles. The largest absolute Gasteiger partial charge is 0.337 e. The van der Waals surface area contributed by atoms with Crippen molar-refractivity contribution in [2.75, 3.05) is 11.9 Å². The zero-order chi connectivity index (χ0) is 20.4. The molecule has 0 saturated heterocycles. The maximum atomic E-state index is 14.8. The lowest BCUT2D eigenvalue weighted by molar-refractivity contribution is -0.120.